The Labute approximate surface area is 305 Å². The zero-order valence-electron chi connectivity index (χ0n) is 32.4. The highest BCUT2D eigenvalue weighted by atomic mass is 32.1. The first-order valence-corrected chi connectivity index (χ1v) is 24.3. The van der Waals surface area contributed by atoms with E-state index in [9.17, 15) is 9.59 Å². The molecule has 9 heteroatoms. The number of thiocarbonyl (C=S) groups is 1. The monoisotopic (exact) mass is 728 g/mol. The smallest absolute Gasteiger partial charge is 0.305 e. The zero-order valence-corrected chi connectivity index (χ0v) is 35.3. The number of ketones is 1. The predicted octanol–water partition coefficient (Wildman–Crippen LogP) is 10.2. The van der Waals surface area contributed by atoms with E-state index in [1.165, 1.54) is 7.11 Å². The van der Waals surface area contributed by atoms with E-state index in [-0.39, 0.29) is 52.8 Å². The molecule has 1 saturated carbocycles. The molecule has 0 bridgehead atoms. The van der Waals surface area contributed by atoms with Crippen molar-refractivity contribution in [1.82, 2.24) is 0 Å². The van der Waals surface area contributed by atoms with Crippen molar-refractivity contribution in [2.45, 2.75) is 154 Å². The molecule has 0 radical (unpaired) electrons. The van der Waals surface area contributed by atoms with E-state index in [2.05, 4.69) is 98.6 Å². The highest BCUT2D eigenvalue weighted by molar-refractivity contribution is 7.80. The summed E-state index contributed by atoms with van der Waals surface area (Å²) in [5, 5.41) is 0.345. The molecule has 6 nitrogen and oxygen atoms in total. The molecule has 5 atom stereocenters. The topological polar surface area (TPSA) is 71.1 Å². The first kappa shape index (κ1) is 43.1. The molecule has 0 saturated heterocycles. The van der Waals surface area contributed by atoms with Crippen molar-refractivity contribution in [3.05, 3.63) is 48.0 Å². The Bertz CT molecular complexity index is 1320. The summed E-state index contributed by atoms with van der Waals surface area (Å²) in [5.41, 5.74) is 0.764. The van der Waals surface area contributed by atoms with Crippen LogP contribution in [-0.4, -0.2) is 58.9 Å². The predicted molar refractivity (Wildman–Crippen MR) is 211 cm³/mol. The highest BCUT2D eigenvalue weighted by Gasteiger charge is 2.50. The number of carbonyl (C=O) groups excluding carboxylic acids is 2. The summed E-state index contributed by atoms with van der Waals surface area (Å²) in [6, 6.07) is 9.56. The van der Waals surface area contributed by atoms with Crippen LogP contribution in [0.3, 0.4) is 0 Å². The number of unbranched alkanes of at least 4 members (excludes halogenated alkanes) is 3. The SMILES string of the molecule is CCCCC[C@@H](/C=C/[C@@H]1[C@@H](C(C#CCCCC(=O)OC)OC(=S)c2ccccc2)C(=O)C[C@H]1O[Si](C)(C)C(C)(C)C)O[Si](C)(C)C(C)(C)C. The van der Waals surface area contributed by atoms with E-state index in [4.69, 9.17) is 30.5 Å². The molecule has 0 amide bonds. The molecule has 1 aromatic rings. The van der Waals surface area contributed by atoms with Crippen molar-refractivity contribution in [2.75, 3.05) is 7.11 Å². The molecule has 2 rings (SSSR count). The van der Waals surface area contributed by atoms with Crippen LogP contribution in [0.4, 0.5) is 0 Å². The third kappa shape index (κ3) is 13.2. The van der Waals surface area contributed by atoms with Crippen LogP contribution in [0.5, 0.6) is 0 Å². The third-order valence-corrected chi connectivity index (χ3v) is 19.8. The summed E-state index contributed by atoms with van der Waals surface area (Å²) in [6.45, 7) is 24.7. The maximum atomic E-state index is 14.1. The fraction of sp³-hybridized carbons (Fsp3) is 0.675. The van der Waals surface area contributed by atoms with Gasteiger partial charge in [-0.2, -0.15) is 0 Å². The zero-order chi connectivity index (χ0) is 37.0. The maximum absolute atomic E-state index is 14.1. The van der Waals surface area contributed by atoms with Crippen LogP contribution in [-0.2, 0) is 27.9 Å². The summed E-state index contributed by atoms with van der Waals surface area (Å²) in [7, 11) is -2.93. The molecule has 0 heterocycles. The van der Waals surface area contributed by atoms with E-state index in [1.54, 1.807) is 0 Å². The van der Waals surface area contributed by atoms with E-state index in [1.807, 2.05) is 30.3 Å². The largest absolute Gasteiger partial charge is 0.469 e. The number of hydrogen-bond acceptors (Lipinski definition) is 7. The van der Waals surface area contributed by atoms with Crippen LogP contribution in [0.15, 0.2) is 42.5 Å². The fourth-order valence-electron chi connectivity index (χ4n) is 5.35. The van der Waals surface area contributed by atoms with Gasteiger partial charge >= 0.3 is 5.97 Å². The average Bonchev–Trinajstić information content (AvgIpc) is 3.31. The molecular formula is C40H64O6SSi2. The second kappa shape index (κ2) is 18.9. The minimum Gasteiger partial charge on any atom is -0.469 e. The number of rotatable bonds is 16. The van der Waals surface area contributed by atoms with E-state index >= 15 is 0 Å². The van der Waals surface area contributed by atoms with Crippen molar-refractivity contribution in [1.29, 1.82) is 0 Å². The van der Waals surface area contributed by atoms with Crippen molar-refractivity contribution in [3.8, 4) is 11.8 Å². The van der Waals surface area contributed by atoms with Gasteiger partial charge in [0.1, 0.15) is 5.78 Å². The van der Waals surface area contributed by atoms with E-state index < -0.39 is 28.7 Å². The Kier molecular flexibility index (Phi) is 16.6. The van der Waals surface area contributed by atoms with Gasteiger partial charge in [-0.25, -0.2) is 0 Å². The van der Waals surface area contributed by atoms with Gasteiger partial charge in [0.2, 0.25) is 0 Å². The molecular weight excluding hydrogens is 665 g/mol. The molecule has 1 aliphatic rings. The van der Waals surface area contributed by atoms with Gasteiger partial charge in [0.05, 0.1) is 25.2 Å². The Hall–Kier alpha value is -2.10. The summed E-state index contributed by atoms with van der Waals surface area (Å²) in [6.07, 6.45) is 9.10. The van der Waals surface area contributed by atoms with Crippen LogP contribution in [0.2, 0.25) is 36.3 Å². The summed E-state index contributed by atoms with van der Waals surface area (Å²) in [5.74, 6) is 5.43. The molecule has 0 aromatic heterocycles. The Balaban J connectivity index is 2.61. The first-order valence-electron chi connectivity index (χ1n) is 18.1. The maximum Gasteiger partial charge on any atom is 0.305 e. The molecule has 1 unspecified atom stereocenters. The Morgan fingerprint density at radius 1 is 1.00 bits per heavy atom. The molecule has 1 aliphatic carbocycles. The van der Waals surface area contributed by atoms with Crippen molar-refractivity contribution in [3.63, 3.8) is 0 Å². The standard InChI is InChI=1S/C40H64O6SSi2/c1-13-14-17-24-31(45-48(9,10)39(2,3)4)27-28-32-35(46-49(11,12)40(5,6)7)29-33(41)37(32)34(25-20-16-21-26-36(42)43-8)44-38(47)30-22-18-15-19-23-30/h15,18-19,22-23,27-28,31-32,34-35,37H,13-14,16-17,21,24,26,29H2,1-12H3/b28-27+/t31-,32-,34?,35+,37+/m0/s1. The summed E-state index contributed by atoms with van der Waals surface area (Å²) < 4.78 is 25.3. The van der Waals surface area contributed by atoms with Crippen LogP contribution in [0.25, 0.3) is 0 Å². The molecule has 274 valence electrons. The number of ether oxygens (including phenoxy) is 2. The Morgan fingerprint density at radius 2 is 1.63 bits per heavy atom. The second-order valence-electron chi connectivity index (χ2n) is 16.4. The first-order chi connectivity index (χ1) is 22.7. The lowest BCUT2D eigenvalue weighted by Gasteiger charge is -2.40. The summed E-state index contributed by atoms with van der Waals surface area (Å²) in [4.78, 5) is 25.8. The van der Waals surface area contributed by atoms with Crippen molar-refractivity contribution >= 4 is 45.7 Å². The van der Waals surface area contributed by atoms with Crippen LogP contribution in [0, 0.1) is 23.7 Å². The number of benzene rings is 1. The minimum atomic E-state index is -2.24. The fourth-order valence-corrected chi connectivity index (χ4v) is 8.25. The van der Waals surface area contributed by atoms with Gasteiger partial charge in [0.15, 0.2) is 27.8 Å². The van der Waals surface area contributed by atoms with Crippen LogP contribution < -0.4 is 0 Å². The van der Waals surface area contributed by atoms with E-state index in [0.29, 0.717) is 17.9 Å². The summed E-state index contributed by atoms with van der Waals surface area (Å²) >= 11 is 5.77. The minimum absolute atomic E-state index is 0.0270. The van der Waals surface area contributed by atoms with Crippen molar-refractivity contribution in [2.24, 2.45) is 11.8 Å². The number of carbonyl (C=O) groups is 2. The molecule has 0 aliphatic heterocycles. The van der Waals surface area contributed by atoms with Gasteiger partial charge in [-0.05, 0) is 61.3 Å². The van der Waals surface area contributed by atoms with Crippen LogP contribution >= 0.6 is 12.2 Å². The molecule has 1 fully saturated rings. The molecule has 1 aromatic carbocycles. The highest BCUT2D eigenvalue weighted by Crippen LogP contribution is 2.44. The molecule has 0 spiro atoms. The third-order valence-electron chi connectivity index (χ3n) is 10.5. The number of hydrogen-bond donors (Lipinski definition) is 0. The quantitative estimate of drug-likeness (QED) is 0.0419. The molecule has 49 heavy (non-hydrogen) atoms. The Morgan fingerprint density at radius 3 is 2.20 bits per heavy atom. The number of methoxy groups -OCH3 is 1. The van der Waals surface area contributed by atoms with Gasteiger partial charge in [-0.15, -0.1) is 0 Å². The number of esters is 1. The van der Waals surface area contributed by atoms with Crippen molar-refractivity contribution < 1.29 is 27.9 Å². The van der Waals surface area contributed by atoms with Gasteiger partial charge in [-0.3, -0.25) is 9.59 Å². The van der Waals surface area contributed by atoms with Gasteiger partial charge in [0.25, 0.3) is 0 Å². The lowest BCUT2D eigenvalue weighted by Crippen LogP contribution is -2.45. The second-order valence-corrected chi connectivity index (χ2v) is 26.3. The lowest BCUT2D eigenvalue weighted by molar-refractivity contribution is -0.140. The molecule has 0 N–H and O–H groups in total. The number of Topliss-reactive ketones (excluding diaryl/α,β-unsaturated/α-hetero) is 1. The van der Waals surface area contributed by atoms with Gasteiger partial charge < -0.3 is 18.3 Å². The van der Waals surface area contributed by atoms with Gasteiger partial charge in [0, 0.05) is 30.7 Å². The average molecular weight is 729 g/mol. The normalized spacial score (nSPS) is 20.1. The lowest BCUT2D eigenvalue weighted by atomic mass is 9.88. The van der Waals surface area contributed by atoms with E-state index in [0.717, 1.165) is 31.2 Å². The van der Waals surface area contributed by atoms with Crippen LogP contribution in [0.1, 0.15) is 105 Å². The van der Waals surface area contributed by atoms with Gasteiger partial charge in [-0.1, -0.05) is 122 Å².